The molecule has 1 heterocycles. The monoisotopic (exact) mass is 254 g/mol. The molecule has 94 valence electrons. The number of rotatable bonds is 3. The molecule has 2 aromatic carbocycles. The van der Waals surface area contributed by atoms with Gasteiger partial charge < -0.3 is 0 Å². The third-order valence-electron chi connectivity index (χ3n) is 2.99. The maximum absolute atomic E-state index is 13.1. The smallest absolute Gasteiger partial charge is 0.184 e. The molecular formula is C15H11FN2O. The number of hydrogen-bond acceptors (Lipinski definition) is 2. The van der Waals surface area contributed by atoms with Crippen molar-refractivity contribution in [3.05, 3.63) is 66.1 Å². The van der Waals surface area contributed by atoms with Gasteiger partial charge in [0.15, 0.2) is 5.78 Å². The molecule has 3 aromatic rings. The standard InChI is InChI=1S/C15H11FN2O/c16-13-6-3-5-11(8-13)15(19)10-18-14-7-2-1-4-12(14)9-17-18/h1-9H,10H2. The average Bonchev–Trinajstić information content (AvgIpc) is 2.82. The maximum atomic E-state index is 13.1. The number of fused-ring (bicyclic) bond motifs is 1. The fourth-order valence-corrected chi connectivity index (χ4v) is 2.04. The first-order valence-corrected chi connectivity index (χ1v) is 5.93. The van der Waals surface area contributed by atoms with E-state index in [4.69, 9.17) is 0 Å². The van der Waals surface area contributed by atoms with Crippen LogP contribution in [0.15, 0.2) is 54.7 Å². The lowest BCUT2D eigenvalue weighted by molar-refractivity contribution is 0.0969. The maximum Gasteiger partial charge on any atom is 0.184 e. The van der Waals surface area contributed by atoms with E-state index in [9.17, 15) is 9.18 Å². The Morgan fingerprint density at radius 2 is 2.00 bits per heavy atom. The predicted molar refractivity (Wildman–Crippen MR) is 70.5 cm³/mol. The minimum Gasteiger partial charge on any atom is -0.292 e. The van der Waals surface area contributed by atoms with Gasteiger partial charge in [0.2, 0.25) is 0 Å². The van der Waals surface area contributed by atoms with Crippen molar-refractivity contribution < 1.29 is 9.18 Å². The Balaban J connectivity index is 1.91. The molecule has 0 unspecified atom stereocenters. The van der Waals surface area contributed by atoms with Gasteiger partial charge in [-0.05, 0) is 18.2 Å². The fourth-order valence-electron chi connectivity index (χ4n) is 2.04. The van der Waals surface area contributed by atoms with Crippen LogP contribution in [0.1, 0.15) is 10.4 Å². The van der Waals surface area contributed by atoms with Crippen LogP contribution in [0.3, 0.4) is 0 Å². The number of carbonyl (C=O) groups is 1. The molecular weight excluding hydrogens is 243 g/mol. The molecule has 0 atom stereocenters. The highest BCUT2D eigenvalue weighted by atomic mass is 19.1. The van der Waals surface area contributed by atoms with Crippen molar-refractivity contribution in [2.75, 3.05) is 0 Å². The van der Waals surface area contributed by atoms with Gasteiger partial charge in [0.05, 0.1) is 11.7 Å². The first-order chi connectivity index (χ1) is 9.24. The summed E-state index contributed by atoms with van der Waals surface area (Å²) < 4.78 is 14.7. The summed E-state index contributed by atoms with van der Waals surface area (Å²) >= 11 is 0. The molecule has 0 aliphatic heterocycles. The molecule has 0 N–H and O–H groups in total. The SMILES string of the molecule is O=C(Cn1ncc2ccccc21)c1cccc(F)c1. The van der Waals surface area contributed by atoms with E-state index in [2.05, 4.69) is 5.10 Å². The van der Waals surface area contributed by atoms with Crippen molar-refractivity contribution >= 4 is 16.7 Å². The molecule has 0 saturated carbocycles. The van der Waals surface area contributed by atoms with E-state index in [0.717, 1.165) is 10.9 Å². The van der Waals surface area contributed by atoms with Gasteiger partial charge in [0.1, 0.15) is 12.4 Å². The van der Waals surface area contributed by atoms with E-state index in [1.54, 1.807) is 16.9 Å². The van der Waals surface area contributed by atoms with Crippen molar-refractivity contribution in [3.63, 3.8) is 0 Å². The van der Waals surface area contributed by atoms with Crippen molar-refractivity contribution in [2.24, 2.45) is 0 Å². The molecule has 0 saturated heterocycles. The predicted octanol–water partition coefficient (Wildman–Crippen LogP) is 3.06. The van der Waals surface area contributed by atoms with E-state index in [1.165, 1.54) is 18.2 Å². The summed E-state index contributed by atoms with van der Waals surface area (Å²) in [5, 5.41) is 5.17. The van der Waals surface area contributed by atoms with E-state index >= 15 is 0 Å². The molecule has 0 fully saturated rings. The Morgan fingerprint density at radius 3 is 2.84 bits per heavy atom. The second kappa shape index (κ2) is 4.65. The molecule has 0 radical (unpaired) electrons. The van der Waals surface area contributed by atoms with Gasteiger partial charge in [-0.3, -0.25) is 9.48 Å². The van der Waals surface area contributed by atoms with E-state index in [0.29, 0.717) is 5.56 Å². The van der Waals surface area contributed by atoms with Crippen LogP contribution in [0.2, 0.25) is 0 Å². The molecule has 0 spiro atoms. The zero-order valence-electron chi connectivity index (χ0n) is 10.1. The lowest BCUT2D eigenvalue weighted by atomic mass is 10.1. The van der Waals surface area contributed by atoms with Crippen molar-refractivity contribution in [2.45, 2.75) is 6.54 Å². The fraction of sp³-hybridized carbons (Fsp3) is 0.0667. The van der Waals surface area contributed by atoms with Crippen LogP contribution in [-0.2, 0) is 6.54 Å². The molecule has 19 heavy (non-hydrogen) atoms. The minimum atomic E-state index is -0.406. The van der Waals surface area contributed by atoms with E-state index in [1.807, 2.05) is 24.3 Å². The van der Waals surface area contributed by atoms with Gasteiger partial charge in [-0.1, -0.05) is 30.3 Å². The molecule has 3 rings (SSSR count). The number of benzene rings is 2. The summed E-state index contributed by atoms with van der Waals surface area (Å²) in [7, 11) is 0. The zero-order chi connectivity index (χ0) is 13.2. The van der Waals surface area contributed by atoms with Gasteiger partial charge in [-0.25, -0.2) is 4.39 Å². The summed E-state index contributed by atoms with van der Waals surface area (Å²) in [6.07, 6.45) is 1.72. The van der Waals surface area contributed by atoms with Crippen molar-refractivity contribution in [1.82, 2.24) is 9.78 Å². The topological polar surface area (TPSA) is 34.9 Å². The van der Waals surface area contributed by atoms with Gasteiger partial charge in [0, 0.05) is 10.9 Å². The summed E-state index contributed by atoms with van der Waals surface area (Å²) in [4.78, 5) is 12.1. The molecule has 0 aliphatic rings. The highest BCUT2D eigenvalue weighted by molar-refractivity contribution is 5.96. The second-order valence-electron chi connectivity index (χ2n) is 4.29. The number of Topliss-reactive ketones (excluding diaryl/α,β-unsaturated/α-hetero) is 1. The molecule has 0 bridgehead atoms. The van der Waals surface area contributed by atoms with E-state index < -0.39 is 5.82 Å². The van der Waals surface area contributed by atoms with Gasteiger partial charge >= 0.3 is 0 Å². The highest BCUT2D eigenvalue weighted by Crippen LogP contribution is 2.13. The molecule has 0 aliphatic carbocycles. The van der Waals surface area contributed by atoms with Crippen LogP contribution in [-0.4, -0.2) is 15.6 Å². The number of ketones is 1. The quantitative estimate of drug-likeness (QED) is 0.673. The summed E-state index contributed by atoms with van der Waals surface area (Å²) in [6, 6.07) is 13.4. The zero-order valence-corrected chi connectivity index (χ0v) is 10.1. The number of aromatic nitrogens is 2. The summed E-state index contributed by atoms with van der Waals surface area (Å²) in [6.45, 7) is 0.108. The van der Waals surface area contributed by atoms with E-state index in [-0.39, 0.29) is 12.3 Å². The molecule has 4 heteroatoms. The number of nitrogens with zero attached hydrogens (tertiary/aromatic N) is 2. The third-order valence-corrected chi connectivity index (χ3v) is 2.99. The molecule has 3 nitrogen and oxygen atoms in total. The Labute approximate surface area is 109 Å². The number of hydrogen-bond donors (Lipinski definition) is 0. The Hall–Kier alpha value is -2.49. The van der Waals surface area contributed by atoms with Crippen LogP contribution in [0, 0.1) is 5.82 Å². The number of para-hydroxylation sites is 1. The lowest BCUT2D eigenvalue weighted by Gasteiger charge is -2.03. The molecule has 1 aromatic heterocycles. The average molecular weight is 254 g/mol. The Morgan fingerprint density at radius 1 is 1.16 bits per heavy atom. The normalized spacial score (nSPS) is 10.8. The Bertz CT molecular complexity index is 748. The van der Waals surface area contributed by atoms with Crippen molar-refractivity contribution in [3.8, 4) is 0 Å². The summed E-state index contributed by atoms with van der Waals surface area (Å²) in [5.74, 6) is -0.565. The van der Waals surface area contributed by atoms with Gasteiger partial charge in [-0.15, -0.1) is 0 Å². The third kappa shape index (κ3) is 2.25. The van der Waals surface area contributed by atoms with Crippen LogP contribution < -0.4 is 0 Å². The number of halogens is 1. The highest BCUT2D eigenvalue weighted by Gasteiger charge is 2.10. The van der Waals surface area contributed by atoms with Gasteiger partial charge in [0.25, 0.3) is 0 Å². The summed E-state index contributed by atoms with van der Waals surface area (Å²) in [5.41, 5.74) is 1.26. The molecule has 0 amide bonds. The second-order valence-corrected chi connectivity index (χ2v) is 4.29. The van der Waals surface area contributed by atoms with Crippen LogP contribution >= 0.6 is 0 Å². The van der Waals surface area contributed by atoms with Crippen LogP contribution in [0.5, 0.6) is 0 Å². The van der Waals surface area contributed by atoms with Crippen LogP contribution in [0.4, 0.5) is 4.39 Å². The number of carbonyl (C=O) groups excluding carboxylic acids is 1. The first-order valence-electron chi connectivity index (χ1n) is 5.93. The van der Waals surface area contributed by atoms with Gasteiger partial charge in [-0.2, -0.15) is 5.10 Å². The van der Waals surface area contributed by atoms with Crippen molar-refractivity contribution in [1.29, 1.82) is 0 Å². The minimum absolute atomic E-state index is 0.108. The largest absolute Gasteiger partial charge is 0.292 e. The lowest BCUT2D eigenvalue weighted by Crippen LogP contribution is -2.11. The Kier molecular flexibility index (Phi) is 2.83. The van der Waals surface area contributed by atoms with Crippen LogP contribution in [0.25, 0.3) is 10.9 Å². The first kappa shape index (κ1) is 11.6.